The van der Waals surface area contributed by atoms with Crippen LogP contribution in [-0.4, -0.2) is 14.8 Å². The Kier molecular flexibility index (Phi) is 4.30. The van der Waals surface area contributed by atoms with Crippen molar-refractivity contribution in [2.45, 2.75) is 19.1 Å². The Bertz CT molecular complexity index is 1380. The highest BCUT2D eigenvalue weighted by molar-refractivity contribution is 6.30. The van der Waals surface area contributed by atoms with Gasteiger partial charge in [0.1, 0.15) is 30.0 Å². The van der Waals surface area contributed by atoms with E-state index in [0.717, 1.165) is 33.5 Å². The van der Waals surface area contributed by atoms with Gasteiger partial charge >= 0.3 is 0 Å². The Balaban J connectivity index is 1.64. The minimum absolute atomic E-state index is 0.287. The van der Waals surface area contributed by atoms with E-state index in [2.05, 4.69) is 46.6 Å². The third kappa shape index (κ3) is 2.99. The van der Waals surface area contributed by atoms with Gasteiger partial charge < -0.3 is 10.1 Å². The number of nitrogens with one attached hydrogen (secondary N) is 1. The fourth-order valence-corrected chi connectivity index (χ4v) is 4.63. The molecule has 0 saturated heterocycles. The number of halogens is 2. The van der Waals surface area contributed by atoms with Gasteiger partial charge in [-0.1, -0.05) is 53.6 Å². The molecule has 32 heavy (non-hydrogen) atoms. The number of ether oxygens (including phenoxy) is 1. The highest BCUT2D eigenvalue weighted by Gasteiger charge is 2.41. The number of rotatable bonds is 2. The maximum absolute atomic E-state index is 14.2. The summed E-state index contributed by atoms with van der Waals surface area (Å²) in [5.41, 5.74) is 5.54. The van der Waals surface area contributed by atoms with Crippen LogP contribution >= 0.6 is 11.6 Å². The molecule has 4 aromatic rings. The summed E-state index contributed by atoms with van der Waals surface area (Å²) < 4.78 is 22.5. The zero-order chi connectivity index (χ0) is 21.8. The molecule has 1 N–H and O–H groups in total. The van der Waals surface area contributed by atoms with Crippen LogP contribution < -0.4 is 10.1 Å². The van der Waals surface area contributed by atoms with Crippen LogP contribution in [-0.2, 0) is 0 Å². The van der Waals surface area contributed by atoms with Gasteiger partial charge in [-0.05, 0) is 48.4 Å². The van der Waals surface area contributed by atoms with Crippen LogP contribution in [0.25, 0.3) is 5.70 Å². The van der Waals surface area contributed by atoms with Crippen LogP contribution in [0.4, 0.5) is 10.3 Å². The highest BCUT2D eigenvalue weighted by atomic mass is 35.5. The quantitative estimate of drug-likeness (QED) is 0.415. The standard InChI is InChI=1S/C25H18ClFN4O/c1-14-5-7-15(8-6-14)23-21-22(30-25-28-13-29-31(23)25)19-12-17(26)9-10-20(19)32-24(21)16-3-2-4-18(27)11-16/h2-13,23-24H,1H3,(H,28,29,30)/t23-,24-/m0/s1. The average molecular weight is 445 g/mol. The third-order valence-corrected chi connectivity index (χ3v) is 6.16. The smallest absolute Gasteiger partial charge is 0.226 e. The molecule has 6 rings (SSSR count). The first-order valence-corrected chi connectivity index (χ1v) is 10.7. The number of aryl methyl sites for hydroxylation is 1. The van der Waals surface area contributed by atoms with Crippen molar-refractivity contribution >= 4 is 23.2 Å². The van der Waals surface area contributed by atoms with Gasteiger partial charge in [-0.15, -0.1) is 0 Å². The first-order chi connectivity index (χ1) is 15.6. The zero-order valence-electron chi connectivity index (χ0n) is 17.1. The van der Waals surface area contributed by atoms with Crippen molar-refractivity contribution < 1.29 is 9.13 Å². The molecule has 0 unspecified atom stereocenters. The summed E-state index contributed by atoms with van der Waals surface area (Å²) in [5, 5.41) is 8.53. The van der Waals surface area contributed by atoms with Gasteiger partial charge in [0.15, 0.2) is 0 Å². The zero-order valence-corrected chi connectivity index (χ0v) is 17.8. The third-order valence-electron chi connectivity index (χ3n) is 5.92. The van der Waals surface area contributed by atoms with E-state index >= 15 is 0 Å². The minimum atomic E-state index is -0.523. The number of anilines is 1. The van der Waals surface area contributed by atoms with Crippen LogP contribution in [0.15, 0.2) is 78.6 Å². The largest absolute Gasteiger partial charge is 0.480 e. The fraction of sp³-hybridized carbons (Fsp3) is 0.120. The second-order valence-electron chi connectivity index (χ2n) is 7.99. The van der Waals surface area contributed by atoms with Gasteiger partial charge in [-0.3, -0.25) is 0 Å². The number of fused-ring (bicyclic) bond motifs is 3. The molecule has 1 aromatic heterocycles. The molecular weight excluding hydrogens is 427 g/mol. The molecule has 2 aliphatic rings. The molecule has 3 heterocycles. The Morgan fingerprint density at radius 3 is 2.69 bits per heavy atom. The lowest BCUT2D eigenvalue weighted by Crippen LogP contribution is -2.32. The van der Waals surface area contributed by atoms with Crippen molar-refractivity contribution in [3.05, 3.63) is 112 Å². The Morgan fingerprint density at radius 1 is 1.03 bits per heavy atom. The molecule has 0 amide bonds. The predicted molar refractivity (Wildman–Crippen MR) is 121 cm³/mol. The van der Waals surface area contributed by atoms with Crippen molar-refractivity contribution in [3.8, 4) is 5.75 Å². The van der Waals surface area contributed by atoms with Crippen molar-refractivity contribution in [3.63, 3.8) is 0 Å². The molecule has 5 nitrogen and oxygen atoms in total. The molecule has 0 spiro atoms. The molecule has 0 saturated carbocycles. The topological polar surface area (TPSA) is 52.0 Å². The summed E-state index contributed by atoms with van der Waals surface area (Å²) in [6.45, 7) is 2.05. The molecular formula is C25H18ClFN4O. The fourth-order valence-electron chi connectivity index (χ4n) is 4.46. The molecule has 0 fully saturated rings. The second kappa shape index (κ2) is 7.21. The molecule has 0 bridgehead atoms. The molecule has 7 heteroatoms. The summed E-state index contributed by atoms with van der Waals surface area (Å²) >= 11 is 6.34. The highest BCUT2D eigenvalue weighted by Crippen LogP contribution is 2.51. The van der Waals surface area contributed by atoms with Crippen molar-refractivity contribution in [1.82, 2.24) is 14.8 Å². The van der Waals surface area contributed by atoms with Crippen LogP contribution in [0.2, 0.25) is 5.02 Å². The maximum atomic E-state index is 14.2. The Hall–Kier alpha value is -3.64. The molecule has 3 aromatic carbocycles. The van der Waals surface area contributed by atoms with Gasteiger partial charge in [0.2, 0.25) is 5.95 Å². The Labute approximate surface area is 189 Å². The molecule has 0 aliphatic carbocycles. The lowest BCUT2D eigenvalue weighted by Gasteiger charge is -2.39. The number of aromatic nitrogens is 3. The van der Waals surface area contributed by atoms with Gasteiger partial charge in [0.05, 0.1) is 5.70 Å². The predicted octanol–water partition coefficient (Wildman–Crippen LogP) is 5.94. The number of hydrogen-bond acceptors (Lipinski definition) is 4. The first-order valence-electron chi connectivity index (χ1n) is 10.3. The van der Waals surface area contributed by atoms with E-state index in [-0.39, 0.29) is 11.9 Å². The summed E-state index contributed by atoms with van der Waals surface area (Å²) in [6.07, 6.45) is 1.00. The normalized spacial score (nSPS) is 18.8. The summed E-state index contributed by atoms with van der Waals surface area (Å²) in [6, 6.07) is 20.0. The molecule has 0 radical (unpaired) electrons. The van der Waals surface area contributed by atoms with E-state index < -0.39 is 6.10 Å². The van der Waals surface area contributed by atoms with Crippen LogP contribution in [0.1, 0.15) is 34.4 Å². The summed E-state index contributed by atoms with van der Waals surface area (Å²) in [5.74, 6) is 0.984. The lowest BCUT2D eigenvalue weighted by molar-refractivity contribution is 0.222. The molecule has 2 atom stereocenters. The van der Waals surface area contributed by atoms with E-state index in [4.69, 9.17) is 16.3 Å². The monoisotopic (exact) mass is 444 g/mol. The van der Waals surface area contributed by atoms with E-state index in [1.807, 2.05) is 22.9 Å². The van der Waals surface area contributed by atoms with Crippen molar-refractivity contribution in [2.75, 3.05) is 5.32 Å². The molecule has 158 valence electrons. The van der Waals surface area contributed by atoms with Gasteiger partial charge in [0, 0.05) is 16.2 Å². The van der Waals surface area contributed by atoms with E-state index in [1.54, 1.807) is 12.1 Å². The first kappa shape index (κ1) is 19.1. The second-order valence-corrected chi connectivity index (χ2v) is 8.43. The van der Waals surface area contributed by atoms with Crippen LogP contribution in [0.3, 0.4) is 0 Å². The maximum Gasteiger partial charge on any atom is 0.226 e. The minimum Gasteiger partial charge on any atom is -0.480 e. The Morgan fingerprint density at radius 2 is 1.88 bits per heavy atom. The van der Waals surface area contributed by atoms with Gasteiger partial charge in [-0.25, -0.2) is 9.07 Å². The van der Waals surface area contributed by atoms with E-state index in [1.165, 1.54) is 18.5 Å². The summed E-state index contributed by atoms with van der Waals surface area (Å²) in [4.78, 5) is 4.42. The lowest BCUT2D eigenvalue weighted by atomic mass is 9.84. The van der Waals surface area contributed by atoms with Gasteiger partial charge in [0.25, 0.3) is 0 Å². The number of hydrogen-bond donors (Lipinski definition) is 1. The SMILES string of the molecule is Cc1ccc([C@H]2C3=C(Nc4ncnn42)c2cc(Cl)ccc2O[C@H]3c2cccc(F)c2)cc1. The van der Waals surface area contributed by atoms with Crippen LogP contribution in [0.5, 0.6) is 5.75 Å². The van der Waals surface area contributed by atoms with E-state index in [9.17, 15) is 4.39 Å². The number of nitrogens with zero attached hydrogens (tertiary/aromatic N) is 3. The van der Waals surface area contributed by atoms with E-state index in [0.29, 0.717) is 16.7 Å². The molecule has 2 aliphatic heterocycles. The average Bonchev–Trinajstić information content (AvgIpc) is 3.26. The van der Waals surface area contributed by atoms with Crippen molar-refractivity contribution in [1.29, 1.82) is 0 Å². The van der Waals surface area contributed by atoms with Crippen molar-refractivity contribution in [2.24, 2.45) is 0 Å². The number of benzene rings is 3. The summed E-state index contributed by atoms with van der Waals surface area (Å²) in [7, 11) is 0. The van der Waals surface area contributed by atoms with Gasteiger partial charge in [-0.2, -0.15) is 10.1 Å². The van der Waals surface area contributed by atoms with Crippen LogP contribution in [0, 0.1) is 12.7 Å².